The monoisotopic (exact) mass is 435 g/mol. The summed E-state index contributed by atoms with van der Waals surface area (Å²) < 4.78 is 17.1. The highest BCUT2D eigenvalue weighted by molar-refractivity contribution is 7.14. The summed E-state index contributed by atoms with van der Waals surface area (Å²) in [6.45, 7) is 1.15. The van der Waals surface area contributed by atoms with Crippen LogP contribution in [0.5, 0.6) is 11.5 Å². The first-order valence-electron chi connectivity index (χ1n) is 9.65. The normalized spacial score (nSPS) is 17.9. The molecule has 0 bridgehead atoms. The van der Waals surface area contributed by atoms with Crippen LogP contribution in [-0.2, 0) is 0 Å². The van der Waals surface area contributed by atoms with Crippen molar-refractivity contribution in [3.05, 3.63) is 70.1 Å². The van der Waals surface area contributed by atoms with Crippen molar-refractivity contribution in [2.24, 2.45) is 5.10 Å². The number of hydrogen-bond acceptors (Lipinski definition) is 8. The SMILES string of the molecule is c1coc([C@@H]2CC(c3cccs3)=NN2c2nc(-c3ccc4c(c3)OCCO4)cs2)c1. The van der Waals surface area contributed by atoms with Crippen LogP contribution >= 0.6 is 22.7 Å². The molecule has 5 heterocycles. The molecule has 0 amide bonds. The number of ether oxygens (including phenoxy) is 2. The number of nitrogens with zero attached hydrogens (tertiary/aromatic N) is 3. The summed E-state index contributed by atoms with van der Waals surface area (Å²) in [4.78, 5) is 6.07. The largest absolute Gasteiger partial charge is 0.486 e. The van der Waals surface area contributed by atoms with Crippen molar-refractivity contribution in [1.29, 1.82) is 0 Å². The number of benzene rings is 1. The van der Waals surface area contributed by atoms with Crippen molar-refractivity contribution in [1.82, 2.24) is 4.98 Å². The summed E-state index contributed by atoms with van der Waals surface area (Å²) >= 11 is 3.28. The number of furan rings is 1. The molecule has 30 heavy (non-hydrogen) atoms. The number of thiophene rings is 1. The van der Waals surface area contributed by atoms with Gasteiger partial charge in [-0.1, -0.05) is 6.07 Å². The van der Waals surface area contributed by atoms with Crippen LogP contribution in [-0.4, -0.2) is 23.9 Å². The van der Waals surface area contributed by atoms with Crippen LogP contribution < -0.4 is 14.5 Å². The molecule has 0 saturated carbocycles. The second-order valence-electron chi connectivity index (χ2n) is 6.98. The number of aromatic nitrogens is 1. The van der Waals surface area contributed by atoms with Gasteiger partial charge in [-0.15, -0.1) is 22.7 Å². The molecule has 4 aromatic rings. The molecule has 0 spiro atoms. The third-order valence-corrected chi connectivity index (χ3v) is 6.86. The Bertz CT molecular complexity index is 1200. The van der Waals surface area contributed by atoms with Gasteiger partial charge in [-0.25, -0.2) is 9.99 Å². The highest BCUT2D eigenvalue weighted by Gasteiger charge is 2.34. The molecule has 6 rings (SSSR count). The van der Waals surface area contributed by atoms with Crippen LogP contribution in [0.15, 0.2) is 69.0 Å². The summed E-state index contributed by atoms with van der Waals surface area (Å²) in [6, 6.07) is 14.0. The van der Waals surface area contributed by atoms with E-state index in [4.69, 9.17) is 24.0 Å². The number of hydrogen-bond donors (Lipinski definition) is 0. The fourth-order valence-corrected chi connectivity index (χ4v) is 5.24. The summed E-state index contributed by atoms with van der Waals surface area (Å²) in [7, 11) is 0. The fourth-order valence-electron chi connectivity index (χ4n) is 3.69. The molecule has 150 valence electrons. The maximum atomic E-state index is 5.72. The molecule has 2 aliphatic rings. The lowest BCUT2D eigenvalue weighted by molar-refractivity contribution is 0.171. The van der Waals surface area contributed by atoms with E-state index in [0.717, 1.165) is 45.8 Å². The van der Waals surface area contributed by atoms with E-state index in [1.807, 2.05) is 35.3 Å². The zero-order valence-corrected chi connectivity index (χ0v) is 17.5. The van der Waals surface area contributed by atoms with Crippen molar-refractivity contribution in [3.8, 4) is 22.8 Å². The Hall–Kier alpha value is -3.10. The number of fused-ring (bicyclic) bond motifs is 1. The molecule has 3 aromatic heterocycles. The van der Waals surface area contributed by atoms with E-state index in [1.54, 1.807) is 28.9 Å². The minimum Gasteiger partial charge on any atom is -0.486 e. The standard InChI is InChI=1S/C22H17N3O3S2/c1-3-18(26-7-1)17-12-15(21-4-2-10-29-21)24-25(17)22-23-16(13-30-22)14-5-6-19-20(11-14)28-9-8-27-19/h1-7,10-11,13,17H,8-9,12H2/t17-/m0/s1. The molecule has 0 N–H and O–H groups in total. The topological polar surface area (TPSA) is 60.1 Å². The maximum absolute atomic E-state index is 5.72. The lowest BCUT2D eigenvalue weighted by Crippen LogP contribution is -2.17. The summed E-state index contributed by atoms with van der Waals surface area (Å²) in [5.74, 6) is 2.44. The molecule has 2 aliphatic heterocycles. The molecule has 0 saturated heterocycles. The third-order valence-electron chi connectivity index (χ3n) is 5.11. The van der Waals surface area contributed by atoms with E-state index in [-0.39, 0.29) is 6.04 Å². The molecule has 0 aliphatic carbocycles. The molecule has 1 aromatic carbocycles. The van der Waals surface area contributed by atoms with Crippen molar-refractivity contribution in [2.75, 3.05) is 18.2 Å². The molecular weight excluding hydrogens is 418 g/mol. The highest BCUT2D eigenvalue weighted by Crippen LogP contribution is 2.41. The molecule has 8 heteroatoms. The molecule has 0 unspecified atom stereocenters. The van der Waals surface area contributed by atoms with E-state index in [0.29, 0.717) is 13.2 Å². The average molecular weight is 436 g/mol. The Balaban J connectivity index is 1.35. The van der Waals surface area contributed by atoms with Crippen molar-refractivity contribution < 1.29 is 13.9 Å². The van der Waals surface area contributed by atoms with Gasteiger partial charge in [0, 0.05) is 17.4 Å². The second-order valence-corrected chi connectivity index (χ2v) is 8.76. The van der Waals surface area contributed by atoms with E-state index in [2.05, 4.69) is 22.9 Å². The van der Waals surface area contributed by atoms with Crippen LogP contribution in [0.4, 0.5) is 5.13 Å². The Morgan fingerprint density at radius 2 is 1.93 bits per heavy atom. The first-order chi connectivity index (χ1) is 14.8. The zero-order valence-electron chi connectivity index (χ0n) is 15.9. The molecule has 0 radical (unpaired) electrons. The highest BCUT2D eigenvalue weighted by atomic mass is 32.1. The minimum absolute atomic E-state index is 0.00336. The van der Waals surface area contributed by atoms with E-state index < -0.39 is 0 Å². The Morgan fingerprint density at radius 3 is 2.77 bits per heavy atom. The second kappa shape index (κ2) is 7.30. The van der Waals surface area contributed by atoms with Gasteiger partial charge in [0.2, 0.25) is 5.13 Å². The first-order valence-corrected chi connectivity index (χ1v) is 11.4. The van der Waals surface area contributed by atoms with Crippen LogP contribution in [0.3, 0.4) is 0 Å². The van der Waals surface area contributed by atoms with Gasteiger partial charge >= 0.3 is 0 Å². The van der Waals surface area contributed by atoms with E-state index in [1.165, 1.54) is 4.88 Å². The van der Waals surface area contributed by atoms with Crippen molar-refractivity contribution >= 4 is 33.5 Å². The number of thiazole rings is 1. The fraction of sp³-hybridized carbons (Fsp3) is 0.182. The lowest BCUT2D eigenvalue weighted by atomic mass is 10.1. The Morgan fingerprint density at radius 1 is 1.00 bits per heavy atom. The van der Waals surface area contributed by atoms with Crippen LogP contribution in [0, 0.1) is 0 Å². The first kappa shape index (κ1) is 17.7. The lowest BCUT2D eigenvalue weighted by Gasteiger charge is -2.19. The number of rotatable bonds is 4. The molecule has 0 fully saturated rings. The zero-order chi connectivity index (χ0) is 19.9. The minimum atomic E-state index is -0.00336. The van der Waals surface area contributed by atoms with Gasteiger partial charge in [-0.2, -0.15) is 5.10 Å². The number of anilines is 1. The summed E-state index contributed by atoms with van der Waals surface area (Å²) in [6.07, 6.45) is 2.49. The van der Waals surface area contributed by atoms with Crippen LogP contribution in [0.25, 0.3) is 11.3 Å². The van der Waals surface area contributed by atoms with E-state index in [9.17, 15) is 0 Å². The quantitative estimate of drug-likeness (QED) is 0.418. The molecular formula is C22H17N3O3S2. The average Bonchev–Trinajstić information content (AvgIpc) is 3.58. The van der Waals surface area contributed by atoms with Gasteiger partial charge in [-0.05, 0) is 41.8 Å². The van der Waals surface area contributed by atoms with Gasteiger partial charge in [0.25, 0.3) is 0 Å². The summed E-state index contributed by atoms with van der Waals surface area (Å²) in [5, 5.41) is 11.9. The van der Waals surface area contributed by atoms with Crippen molar-refractivity contribution in [2.45, 2.75) is 12.5 Å². The Labute approximate surface area is 181 Å². The Kier molecular flexibility index (Phi) is 4.32. The molecule has 6 nitrogen and oxygen atoms in total. The van der Waals surface area contributed by atoms with Crippen LogP contribution in [0.2, 0.25) is 0 Å². The predicted molar refractivity (Wildman–Crippen MR) is 118 cm³/mol. The smallest absolute Gasteiger partial charge is 0.207 e. The van der Waals surface area contributed by atoms with Gasteiger partial charge in [0.15, 0.2) is 11.5 Å². The van der Waals surface area contributed by atoms with Gasteiger partial charge < -0.3 is 13.9 Å². The maximum Gasteiger partial charge on any atom is 0.207 e. The van der Waals surface area contributed by atoms with Gasteiger partial charge in [0.1, 0.15) is 25.0 Å². The molecule has 1 atom stereocenters. The number of hydrazone groups is 1. The van der Waals surface area contributed by atoms with Crippen LogP contribution in [0.1, 0.15) is 23.1 Å². The van der Waals surface area contributed by atoms with E-state index >= 15 is 0 Å². The third kappa shape index (κ3) is 3.09. The predicted octanol–water partition coefficient (Wildman–Crippen LogP) is 5.59. The van der Waals surface area contributed by atoms with Crippen molar-refractivity contribution in [3.63, 3.8) is 0 Å². The van der Waals surface area contributed by atoms with Gasteiger partial charge in [-0.3, -0.25) is 0 Å². The van der Waals surface area contributed by atoms with Gasteiger partial charge in [0.05, 0.1) is 22.5 Å². The summed E-state index contributed by atoms with van der Waals surface area (Å²) in [5.41, 5.74) is 2.95.